The van der Waals surface area contributed by atoms with Crippen molar-refractivity contribution in [2.24, 2.45) is 16.6 Å². The molecule has 1 aromatic rings. The first-order valence-electron chi connectivity index (χ1n) is 5.01. The summed E-state index contributed by atoms with van der Waals surface area (Å²) < 4.78 is 1.95. The van der Waals surface area contributed by atoms with E-state index in [4.69, 9.17) is 5.73 Å². The number of anilines is 1. The van der Waals surface area contributed by atoms with Gasteiger partial charge in [-0.15, -0.1) is 0 Å². The van der Waals surface area contributed by atoms with Crippen LogP contribution in [0.3, 0.4) is 0 Å². The number of rotatable bonds is 3. The van der Waals surface area contributed by atoms with Gasteiger partial charge in [0.2, 0.25) is 0 Å². The molecule has 0 heterocycles. The average molecular weight is 349 g/mol. The lowest BCUT2D eigenvalue weighted by Crippen LogP contribution is -2.23. The summed E-state index contributed by atoms with van der Waals surface area (Å²) in [4.78, 5) is 4.24. The summed E-state index contributed by atoms with van der Waals surface area (Å²) in [6.45, 7) is 4.93. The van der Waals surface area contributed by atoms with Gasteiger partial charge >= 0.3 is 0 Å². The van der Waals surface area contributed by atoms with Crippen molar-refractivity contribution < 1.29 is 0 Å². The molecule has 0 spiro atoms. The van der Waals surface area contributed by atoms with Gasteiger partial charge in [0.1, 0.15) is 0 Å². The third-order valence-electron chi connectivity index (χ3n) is 1.82. The minimum atomic E-state index is 0.438. The molecule has 3 N–H and O–H groups in total. The minimum absolute atomic E-state index is 0.438. The molecule has 0 aliphatic rings. The molecule has 0 aromatic heterocycles. The number of nitrogens with zero attached hydrogens (tertiary/aromatic N) is 1. The second-order valence-electron chi connectivity index (χ2n) is 3.87. The molecule has 0 unspecified atom stereocenters. The molecule has 88 valence electrons. The average Bonchev–Trinajstić information content (AvgIpc) is 2.20. The first-order chi connectivity index (χ1) is 7.49. The highest BCUT2D eigenvalue weighted by Gasteiger charge is 2.02. The highest BCUT2D eigenvalue weighted by Crippen LogP contribution is 2.25. The summed E-state index contributed by atoms with van der Waals surface area (Å²) in [5.41, 5.74) is 6.68. The fourth-order valence-corrected chi connectivity index (χ4v) is 1.76. The Kier molecular flexibility index (Phi) is 5.28. The number of nitrogens with one attached hydrogen (secondary N) is 1. The molecule has 5 heteroatoms. The van der Waals surface area contributed by atoms with Gasteiger partial charge in [-0.2, -0.15) is 0 Å². The van der Waals surface area contributed by atoms with E-state index in [9.17, 15) is 0 Å². The molecule has 0 aliphatic heterocycles. The van der Waals surface area contributed by atoms with E-state index in [1.54, 1.807) is 0 Å². The Morgan fingerprint density at radius 2 is 2.12 bits per heavy atom. The highest BCUT2D eigenvalue weighted by molar-refractivity contribution is 9.11. The zero-order valence-electron chi connectivity index (χ0n) is 9.30. The van der Waals surface area contributed by atoms with Crippen LogP contribution in [-0.2, 0) is 0 Å². The Balaban J connectivity index is 2.72. The first-order valence-corrected chi connectivity index (χ1v) is 6.59. The van der Waals surface area contributed by atoms with E-state index in [0.717, 1.165) is 21.2 Å². The zero-order chi connectivity index (χ0) is 12.1. The molecule has 0 fully saturated rings. The Morgan fingerprint density at radius 3 is 2.75 bits per heavy atom. The van der Waals surface area contributed by atoms with Gasteiger partial charge in [-0.1, -0.05) is 29.8 Å². The number of benzene rings is 1. The quantitative estimate of drug-likeness (QED) is 0.647. The predicted molar refractivity (Wildman–Crippen MR) is 76.8 cm³/mol. The summed E-state index contributed by atoms with van der Waals surface area (Å²) in [7, 11) is 0. The van der Waals surface area contributed by atoms with Crippen molar-refractivity contribution in [3.8, 4) is 0 Å². The molecule has 0 atom stereocenters. The van der Waals surface area contributed by atoms with Crippen LogP contribution in [0.15, 0.2) is 32.1 Å². The standard InChI is InChI=1S/C11H15Br2N3/c1-7(2)6-15-11(14)16-10-5-8(12)3-4-9(10)13/h3-5,7H,6H2,1-2H3,(H3,14,15,16). The molecule has 3 nitrogen and oxygen atoms in total. The van der Waals surface area contributed by atoms with Crippen LogP contribution in [0.5, 0.6) is 0 Å². The number of guanidine groups is 1. The SMILES string of the molecule is CC(C)CN=C(N)Nc1cc(Br)ccc1Br. The van der Waals surface area contributed by atoms with Crippen LogP contribution in [0.4, 0.5) is 5.69 Å². The second kappa shape index (κ2) is 6.25. The minimum Gasteiger partial charge on any atom is -0.370 e. The van der Waals surface area contributed by atoms with Crippen LogP contribution in [0, 0.1) is 5.92 Å². The molecule has 0 radical (unpaired) electrons. The fourth-order valence-electron chi connectivity index (χ4n) is 1.05. The number of halogens is 2. The van der Waals surface area contributed by atoms with E-state index >= 15 is 0 Å². The van der Waals surface area contributed by atoms with Gasteiger partial charge in [0.25, 0.3) is 0 Å². The predicted octanol–water partition coefficient (Wildman–Crippen LogP) is 3.59. The van der Waals surface area contributed by atoms with Crippen LogP contribution in [0.25, 0.3) is 0 Å². The maximum atomic E-state index is 5.78. The maximum Gasteiger partial charge on any atom is 0.193 e. The maximum absolute atomic E-state index is 5.78. The molecule has 16 heavy (non-hydrogen) atoms. The largest absolute Gasteiger partial charge is 0.370 e. The summed E-state index contributed by atoms with van der Waals surface area (Å²) >= 11 is 6.85. The van der Waals surface area contributed by atoms with Gasteiger partial charge in [-0.05, 0) is 40.0 Å². The summed E-state index contributed by atoms with van der Waals surface area (Å²) in [6.07, 6.45) is 0. The van der Waals surface area contributed by atoms with Crippen LogP contribution in [0.1, 0.15) is 13.8 Å². The van der Waals surface area contributed by atoms with Crippen molar-refractivity contribution in [3.05, 3.63) is 27.1 Å². The molecule has 0 amide bonds. The smallest absolute Gasteiger partial charge is 0.193 e. The van der Waals surface area contributed by atoms with Gasteiger partial charge in [-0.25, -0.2) is 0 Å². The van der Waals surface area contributed by atoms with Gasteiger partial charge < -0.3 is 11.1 Å². The van der Waals surface area contributed by atoms with Gasteiger partial charge in [-0.3, -0.25) is 4.99 Å². The molecular formula is C11H15Br2N3. The fraction of sp³-hybridized carbons (Fsp3) is 0.364. The molecule has 0 aliphatic carbocycles. The lowest BCUT2D eigenvalue weighted by molar-refractivity contribution is 0.665. The third-order valence-corrected chi connectivity index (χ3v) is 3.00. The number of hydrogen-bond donors (Lipinski definition) is 2. The second-order valence-corrected chi connectivity index (χ2v) is 5.64. The first kappa shape index (κ1) is 13.5. The normalized spacial score (nSPS) is 11.9. The van der Waals surface area contributed by atoms with Crippen molar-refractivity contribution in [3.63, 3.8) is 0 Å². The van der Waals surface area contributed by atoms with Crippen LogP contribution in [-0.4, -0.2) is 12.5 Å². The van der Waals surface area contributed by atoms with E-state index in [1.165, 1.54) is 0 Å². The van der Waals surface area contributed by atoms with E-state index in [-0.39, 0.29) is 0 Å². The summed E-state index contributed by atoms with van der Waals surface area (Å²) in [6, 6.07) is 5.85. The van der Waals surface area contributed by atoms with E-state index in [0.29, 0.717) is 11.9 Å². The van der Waals surface area contributed by atoms with E-state index < -0.39 is 0 Å². The number of nitrogens with two attached hydrogens (primary N) is 1. The molecule has 1 rings (SSSR count). The van der Waals surface area contributed by atoms with Crippen LogP contribution in [0.2, 0.25) is 0 Å². The number of aliphatic imine (C=N–C) groups is 1. The van der Waals surface area contributed by atoms with Crippen molar-refractivity contribution >= 4 is 43.5 Å². The van der Waals surface area contributed by atoms with E-state index in [2.05, 4.69) is 56.0 Å². The highest BCUT2D eigenvalue weighted by atomic mass is 79.9. The topological polar surface area (TPSA) is 50.4 Å². The monoisotopic (exact) mass is 347 g/mol. The van der Waals surface area contributed by atoms with Crippen molar-refractivity contribution in [1.29, 1.82) is 0 Å². The lowest BCUT2D eigenvalue weighted by atomic mass is 10.2. The molecule has 0 saturated carbocycles. The Labute approximate surface area is 113 Å². The van der Waals surface area contributed by atoms with Crippen LogP contribution >= 0.6 is 31.9 Å². The van der Waals surface area contributed by atoms with Crippen molar-refractivity contribution in [2.45, 2.75) is 13.8 Å². The number of hydrogen-bond acceptors (Lipinski definition) is 1. The zero-order valence-corrected chi connectivity index (χ0v) is 12.5. The molecule has 0 bridgehead atoms. The Morgan fingerprint density at radius 1 is 1.44 bits per heavy atom. The van der Waals surface area contributed by atoms with Crippen molar-refractivity contribution in [2.75, 3.05) is 11.9 Å². The summed E-state index contributed by atoms with van der Waals surface area (Å²) in [5.74, 6) is 0.943. The molecule has 1 aromatic carbocycles. The van der Waals surface area contributed by atoms with Gasteiger partial charge in [0.15, 0.2) is 5.96 Å². The molecule has 0 saturated heterocycles. The third kappa shape index (κ3) is 4.53. The van der Waals surface area contributed by atoms with Gasteiger partial charge in [0, 0.05) is 15.5 Å². The Hall–Kier alpha value is -0.550. The van der Waals surface area contributed by atoms with Gasteiger partial charge in [0.05, 0.1) is 5.69 Å². The van der Waals surface area contributed by atoms with E-state index in [1.807, 2.05) is 18.2 Å². The van der Waals surface area contributed by atoms with Crippen molar-refractivity contribution in [1.82, 2.24) is 0 Å². The van der Waals surface area contributed by atoms with Crippen LogP contribution < -0.4 is 11.1 Å². The Bertz CT molecular complexity index is 389. The lowest BCUT2D eigenvalue weighted by Gasteiger charge is -2.09. The summed E-state index contributed by atoms with van der Waals surface area (Å²) in [5, 5.41) is 3.06. The molecular weight excluding hydrogens is 334 g/mol.